The van der Waals surface area contributed by atoms with Gasteiger partial charge < -0.3 is 4.74 Å². The predicted octanol–water partition coefficient (Wildman–Crippen LogP) is 5.63. The van der Waals surface area contributed by atoms with Crippen LogP contribution in [0.5, 0.6) is 5.75 Å². The second kappa shape index (κ2) is 9.67. The maximum absolute atomic E-state index is 13.3. The summed E-state index contributed by atoms with van der Waals surface area (Å²) in [6.45, 7) is 2.77. The van der Waals surface area contributed by atoms with Crippen molar-refractivity contribution in [1.82, 2.24) is 4.98 Å². The summed E-state index contributed by atoms with van der Waals surface area (Å²) >= 11 is 0. The Labute approximate surface area is 198 Å². The molecule has 2 heterocycles. The molecule has 6 nitrogen and oxygen atoms in total. The second-order valence-electron chi connectivity index (χ2n) is 8.27. The number of amides is 1. The lowest BCUT2D eigenvalue weighted by molar-refractivity contribution is -0.274. The number of benzene rings is 1. The molecule has 2 aromatic rings. The molecule has 1 aliphatic rings. The Morgan fingerprint density at radius 2 is 1.71 bits per heavy atom. The molecule has 0 radical (unpaired) electrons. The molecule has 1 amide bonds. The van der Waals surface area contributed by atoms with E-state index >= 15 is 0 Å². The van der Waals surface area contributed by atoms with Crippen LogP contribution in [0.25, 0.3) is 0 Å². The van der Waals surface area contributed by atoms with E-state index in [0.29, 0.717) is 6.20 Å². The van der Waals surface area contributed by atoms with E-state index in [-0.39, 0.29) is 32.6 Å². The van der Waals surface area contributed by atoms with Crippen molar-refractivity contribution in [3.05, 3.63) is 48.2 Å². The third kappa shape index (κ3) is 6.06. The number of hydrogen-bond donors (Lipinski definition) is 0. The Morgan fingerprint density at radius 1 is 1.06 bits per heavy atom. The van der Waals surface area contributed by atoms with Crippen molar-refractivity contribution in [2.24, 2.45) is 5.92 Å². The Morgan fingerprint density at radius 3 is 2.23 bits per heavy atom. The third-order valence-corrected chi connectivity index (χ3v) is 8.39. The first-order valence-electron chi connectivity index (χ1n) is 9.96. The van der Waals surface area contributed by atoms with Crippen LogP contribution in [0.1, 0.15) is 39.7 Å². The van der Waals surface area contributed by atoms with E-state index in [2.05, 4.69) is 9.72 Å². The maximum atomic E-state index is 13.3. The molecule has 0 N–H and O–H groups in total. The van der Waals surface area contributed by atoms with Crippen molar-refractivity contribution >= 4 is 21.6 Å². The molecule has 1 aromatic heterocycles. The molecule has 0 spiro atoms. The van der Waals surface area contributed by atoms with Gasteiger partial charge in [0.2, 0.25) is 5.91 Å². The fraction of sp³-hybridized carbons (Fsp3) is 0.455. The average molecular weight is 526 g/mol. The molecule has 3 rings (SSSR count). The Kier molecular flexibility index (Phi) is 7.85. The van der Waals surface area contributed by atoms with Crippen molar-refractivity contribution < 1.29 is 44.3 Å². The maximum Gasteiger partial charge on any atom is 0.573 e. The second-order valence-corrected chi connectivity index (χ2v) is 10.8. The van der Waals surface area contributed by atoms with Crippen LogP contribution in [0.15, 0.2) is 47.5 Å². The molecule has 194 valence electrons. The molecule has 1 atom stereocenters. The zero-order valence-electron chi connectivity index (χ0n) is 17.9. The molecule has 13 heteroatoms. The smallest absolute Gasteiger partial charge is 0.406 e. The van der Waals surface area contributed by atoms with Crippen molar-refractivity contribution in [2.75, 3.05) is 11.4 Å². The number of carbonyl (C=O) groups is 1. The number of alkyl halides is 6. The topological polar surface area (TPSA) is 76.6 Å². The van der Waals surface area contributed by atoms with E-state index < -0.39 is 55.2 Å². The summed E-state index contributed by atoms with van der Waals surface area (Å²) in [4.78, 5) is 17.2. The number of rotatable bonds is 5. The number of piperidine rings is 1. The zero-order valence-corrected chi connectivity index (χ0v) is 18.8. The molecule has 1 aliphatic heterocycles. The number of halogens is 6. The van der Waals surface area contributed by atoms with Crippen LogP contribution in [0.4, 0.5) is 32.2 Å². The van der Waals surface area contributed by atoms with E-state index in [4.69, 9.17) is 0 Å². The highest BCUT2D eigenvalue weighted by atomic mass is 32.2. The van der Waals surface area contributed by atoms with Crippen molar-refractivity contribution in [3.8, 4) is 5.75 Å². The van der Waals surface area contributed by atoms with Crippen LogP contribution < -0.4 is 9.64 Å². The highest BCUT2D eigenvalue weighted by Gasteiger charge is 2.46. The van der Waals surface area contributed by atoms with Crippen LogP contribution in [0.3, 0.4) is 0 Å². The molecule has 0 aliphatic carbocycles. The molecule has 35 heavy (non-hydrogen) atoms. The first-order chi connectivity index (χ1) is 15.5. The Bertz CT molecular complexity index is 1160. The number of nitrogens with zero attached hydrogens (tertiary/aromatic N) is 2. The minimum absolute atomic E-state index is 0. The van der Waals surface area contributed by atoms with E-state index in [1.54, 1.807) is 0 Å². The number of hydrogen-bond acceptors (Lipinski definition) is 5. The zero-order chi connectivity index (χ0) is 25.5. The molecule has 1 saturated heterocycles. The molecule has 1 fully saturated rings. The minimum atomic E-state index is -5.00. The van der Waals surface area contributed by atoms with Gasteiger partial charge >= 0.3 is 12.5 Å². The van der Waals surface area contributed by atoms with Crippen LogP contribution in [-0.4, -0.2) is 37.0 Å². The van der Waals surface area contributed by atoms with E-state index in [9.17, 15) is 39.6 Å². The van der Waals surface area contributed by atoms with Gasteiger partial charge in [-0.1, -0.05) is 13.5 Å². The number of pyridine rings is 1. The lowest BCUT2D eigenvalue weighted by Crippen LogP contribution is -2.48. The van der Waals surface area contributed by atoms with Crippen LogP contribution in [-0.2, 0) is 20.8 Å². The molecule has 0 unspecified atom stereocenters. The number of carbonyl (C=O) groups excluding carboxylic acids is 1. The molecular weight excluding hydrogens is 502 g/mol. The third-order valence-electron chi connectivity index (χ3n) is 5.80. The fourth-order valence-electron chi connectivity index (χ4n) is 3.74. The highest BCUT2D eigenvalue weighted by Crippen LogP contribution is 2.40. The lowest BCUT2D eigenvalue weighted by atomic mass is 9.85. The molecule has 0 saturated carbocycles. The van der Waals surface area contributed by atoms with Crippen molar-refractivity contribution in [3.63, 3.8) is 0 Å². The first-order valence-corrected chi connectivity index (χ1v) is 11.4. The van der Waals surface area contributed by atoms with Gasteiger partial charge in [0.1, 0.15) is 11.6 Å². The number of sulfone groups is 1. The van der Waals surface area contributed by atoms with Crippen LogP contribution in [0, 0.1) is 5.92 Å². The number of ether oxygens (including phenoxy) is 1. The lowest BCUT2D eigenvalue weighted by Gasteiger charge is -2.39. The SMILES string of the molecule is C.CC(C)([C@H]1CCN(c2ccc(C(F)(F)F)cn2)C(=O)C1)S(=O)(=O)c1cccc(OC(F)(F)F)c1. The molecular formula is C22H24F6N2O4S. The summed E-state index contributed by atoms with van der Waals surface area (Å²) in [5.41, 5.74) is -0.970. The highest BCUT2D eigenvalue weighted by molar-refractivity contribution is 7.92. The van der Waals surface area contributed by atoms with Gasteiger partial charge in [-0.15, -0.1) is 13.2 Å². The minimum Gasteiger partial charge on any atom is -0.406 e. The first kappa shape index (κ1) is 28.4. The van der Waals surface area contributed by atoms with E-state index in [1.165, 1.54) is 18.7 Å². The van der Waals surface area contributed by atoms with Gasteiger partial charge in [-0.3, -0.25) is 9.69 Å². The number of aromatic nitrogens is 1. The Balaban J connectivity index is 0.00000432. The molecule has 0 bridgehead atoms. The van der Waals surface area contributed by atoms with Crippen molar-refractivity contribution in [1.29, 1.82) is 0 Å². The van der Waals surface area contributed by atoms with Gasteiger partial charge in [-0.05, 0) is 56.5 Å². The monoisotopic (exact) mass is 526 g/mol. The quantitative estimate of drug-likeness (QED) is 0.472. The van der Waals surface area contributed by atoms with E-state index in [0.717, 1.165) is 36.4 Å². The summed E-state index contributed by atoms with van der Waals surface area (Å²) in [5.74, 6) is -1.92. The summed E-state index contributed by atoms with van der Waals surface area (Å²) in [7, 11) is -4.20. The Hall–Kier alpha value is -2.83. The van der Waals surface area contributed by atoms with E-state index in [1.807, 2.05) is 0 Å². The van der Waals surface area contributed by atoms with Gasteiger partial charge in [-0.25, -0.2) is 13.4 Å². The fourth-order valence-corrected chi connectivity index (χ4v) is 5.52. The van der Waals surface area contributed by atoms with Gasteiger partial charge in [-0.2, -0.15) is 13.2 Å². The normalized spacial score (nSPS) is 17.7. The summed E-state index contributed by atoms with van der Waals surface area (Å²) in [5, 5.41) is 0. The van der Waals surface area contributed by atoms with Gasteiger partial charge in [0.15, 0.2) is 9.84 Å². The predicted molar refractivity (Wildman–Crippen MR) is 115 cm³/mol. The largest absolute Gasteiger partial charge is 0.573 e. The standard InChI is InChI=1S/C21H20F6N2O4S.CH4/c1-19(2,34(31,32)16-5-3-4-15(11-16)33-21(25,26)27)13-8-9-29(18(30)10-13)17-7-6-14(12-28-17)20(22,23)24;/h3-7,11-13H,8-10H2,1-2H3;1H4/t13-;/m0./s1. The molecule has 1 aromatic carbocycles. The number of anilines is 1. The average Bonchev–Trinajstić information content (AvgIpc) is 2.72. The van der Waals surface area contributed by atoms with Crippen molar-refractivity contribution in [2.45, 2.75) is 56.3 Å². The van der Waals surface area contributed by atoms with Gasteiger partial charge in [0.05, 0.1) is 15.2 Å². The summed E-state index contributed by atoms with van der Waals surface area (Å²) < 4.78 is 105. The van der Waals surface area contributed by atoms with Crippen LogP contribution in [0.2, 0.25) is 0 Å². The van der Waals surface area contributed by atoms with Crippen LogP contribution >= 0.6 is 0 Å². The van der Waals surface area contributed by atoms with Gasteiger partial charge in [0, 0.05) is 19.2 Å². The van der Waals surface area contributed by atoms with Gasteiger partial charge in [0.25, 0.3) is 0 Å². The summed E-state index contributed by atoms with van der Waals surface area (Å²) in [6, 6.07) is 5.87. The summed E-state index contributed by atoms with van der Waals surface area (Å²) in [6.07, 6.45) is -9.03.